The highest BCUT2D eigenvalue weighted by molar-refractivity contribution is 7.86. The first-order valence-corrected chi connectivity index (χ1v) is 7.93. The Kier molecular flexibility index (Phi) is 4.08. The van der Waals surface area contributed by atoms with E-state index in [1.165, 1.54) is 0 Å². The van der Waals surface area contributed by atoms with E-state index in [0.29, 0.717) is 10.8 Å². The van der Waals surface area contributed by atoms with Crippen LogP contribution in [-0.4, -0.2) is 9.97 Å². The van der Waals surface area contributed by atoms with Crippen molar-refractivity contribution in [1.82, 2.24) is 9.97 Å². The topological polar surface area (TPSA) is 49.6 Å². The van der Waals surface area contributed by atoms with Crippen LogP contribution in [0.15, 0.2) is 76.8 Å². The van der Waals surface area contributed by atoms with Crippen molar-refractivity contribution in [3.63, 3.8) is 0 Å². The van der Waals surface area contributed by atoms with E-state index in [-0.39, 0.29) is 0 Å². The number of hydrogen-bond donors (Lipinski definition) is 1. The largest absolute Gasteiger partial charge is 0.271 e. The molecule has 0 aliphatic carbocycles. The molecule has 1 atom stereocenters. The third-order valence-corrected chi connectivity index (χ3v) is 4.72. The van der Waals surface area contributed by atoms with Crippen molar-refractivity contribution in [3.8, 4) is 11.4 Å². The van der Waals surface area contributed by atoms with Gasteiger partial charge >= 0.3 is 0 Å². The normalized spacial score (nSPS) is 12.0. The number of rotatable bonds is 3. The van der Waals surface area contributed by atoms with Gasteiger partial charge in [-0.25, -0.2) is 9.97 Å². The van der Waals surface area contributed by atoms with Crippen LogP contribution in [0.1, 0.15) is 0 Å². The first-order chi connectivity index (χ1) is 10.3. The van der Waals surface area contributed by atoms with E-state index >= 15 is 0 Å². The zero-order chi connectivity index (χ0) is 14.7. The molecule has 3 aromatic rings. The lowest BCUT2D eigenvalue weighted by Gasteiger charge is -2.11. The van der Waals surface area contributed by atoms with Gasteiger partial charge in [-0.1, -0.05) is 29.8 Å². The van der Waals surface area contributed by atoms with Crippen molar-refractivity contribution in [1.29, 1.82) is 4.78 Å². The second-order valence-corrected chi connectivity index (χ2v) is 6.29. The fourth-order valence-electron chi connectivity index (χ4n) is 1.98. The number of nitrogens with zero attached hydrogens (tertiary/aromatic N) is 2. The van der Waals surface area contributed by atoms with Gasteiger partial charge in [-0.2, -0.15) is 0 Å². The van der Waals surface area contributed by atoms with Gasteiger partial charge in [-0.3, -0.25) is 4.78 Å². The van der Waals surface area contributed by atoms with Crippen molar-refractivity contribution < 1.29 is 0 Å². The molecule has 1 heterocycles. The van der Waals surface area contributed by atoms with Gasteiger partial charge < -0.3 is 0 Å². The van der Waals surface area contributed by atoms with Crippen LogP contribution in [0.4, 0.5) is 0 Å². The molecule has 5 heteroatoms. The smallest absolute Gasteiger partial charge is 0.160 e. The Morgan fingerprint density at radius 3 is 2.33 bits per heavy atom. The zero-order valence-electron chi connectivity index (χ0n) is 11.0. The molecule has 104 valence electrons. The first kappa shape index (κ1) is 13.9. The van der Waals surface area contributed by atoms with Crippen LogP contribution in [0.25, 0.3) is 11.4 Å². The standard InChI is InChI=1S/C16H12ClN3S/c17-12-7-8-15(21(18)13-5-2-1-3-6-13)14(11-12)16-19-9-4-10-20-16/h1-11,18H. The van der Waals surface area contributed by atoms with E-state index in [1.807, 2.05) is 42.5 Å². The van der Waals surface area contributed by atoms with Crippen LogP contribution < -0.4 is 0 Å². The summed E-state index contributed by atoms with van der Waals surface area (Å²) in [5.74, 6) is 0.593. The molecule has 3 nitrogen and oxygen atoms in total. The summed E-state index contributed by atoms with van der Waals surface area (Å²) in [5, 5.41) is 0.617. The monoisotopic (exact) mass is 313 g/mol. The SMILES string of the molecule is N=S(c1ccccc1)c1ccc(Cl)cc1-c1ncccn1. The maximum Gasteiger partial charge on any atom is 0.160 e. The number of nitrogens with one attached hydrogen (secondary N) is 1. The molecule has 2 aromatic carbocycles. The molecule has 0 fully saturated rings. The van der Waals surface area contributed by atoms with Gasteiger partial charge in [0, 0.05) is 32.8 Å². The van der Waals surface area contributed by atoms with E-state index < -0.39 is 10.7 Å². The summed E-state index contributed by atoms with van der Waals surface area (Å²) in [7, 11) is -0.806. The maximum atomic E-state index is 8.54. The van der Waals surface area contributed by atoms with Crippen LogP contribution in [0.3, 0.4) is 0 Å². The molecule has 1 N–H and O–H groups in total. The second kappa shape index (κ2) is 6.16. The van der Waals surface area contributed by atoms with Crippen LogP contribution in [0.5, 0.6) is 0 Å². The average molecular weight is 314 g/mol. The highest BCUT2D eigenvalue weighted by Gasteiger charge is 2.13. The molecule has 21 heavy (non-hydrogen) atoms. The van der Waals surface area contributed by atoms with Gasteiger partial charge in [0.25, 0.3) is 0 Å². The third-order valence-electron chi connectivity index (χ3n) is 2.95. The van der Waals surface area contributed by atoms with Crippen LogP contribution in [0, 0.1) is 4.78 Å². The van der Waals surface area contributed by atoms with Crippen molar-refractivity contribution in [2.24, 2.45) is 0 Å². The summed E-state index contributed by atoms with van der Waals surface area (Å²) in [6.45, 7) is 0. The van der Waals surface area contributed by atoms with Crippen molar-refractivity contribution in [2.45, 2.75) is 9.79 Å². The molecule has 1 aromatic heterocycles. The summed E-state index contributed by atoms with van der Waals surface area (Å²) in [4.78, 5) is 10.4. The highest BCUT2D eigenvalue weighted by atomic mass is 35.5. The average Bonchev–Trinajstić information content (AvgIpc) is 2.56. The predicted octanol–water partition coefficient (Wildman–Crippen LogP) is 4.60. The Morgan fingerprint density at radius 1 is 0.905 bits per heavy atom. The summed E-state index contributed by atoms with van der Waals surface area (Å²) < 4.78 is 8.54. The minimum atomic E-state index is -0.806. The van der Waals surface area contributed by atoms with Gasteiger partial charge in [0.05, 0.1) is 0 Å². The molecule has 3 rings (SSSR count). The summed E-state index contributed by atoms with van der Waals surface area (Å²) >= 11 is 6.10. The first-order valence-electron chi connectivity index (χ1n) is 6.33. The van der Waals surface area contributed by atoms with Crippen molar-refractivity contribution >= 4 is 22.3 Å². The van der Waals surface area contributed by atoms with Crippen LogP contribution in [-0.2, 0) is 10.7 Å². The van der Waals surface area contributed by atoms with Crippen LogP contribution >= 0.6 is 11.6 Å². The van der Waals surface area contributed by atoms with Gasteiger partial charge in [-0.15, -0.1) is 0 Å². The Balaban J connectivity index is 2.14. The van der Waals surface area contributed by atoms with Gasteiger partial charge in [0.2, 0.25) is 0 Å². The minimum Gasteiger partial charge on any atom is -0.271 e. The second-order valence-electron chi connectivity index (χ2n) is 4.33. The summed E-state index contributed by atoms with van der Waals surface area (Å²) in [5.41, 5.74) is 0.810. The summed E-state index contributed by atoms with van der Waals surface area (Å²) in [6.07, 6.45) is 3.38. The lowest BCUT2D eigenvalue weighted by atomic mass is 10.2. The fraction of sp³-hybridized carbons (Fsp3) is 0. The predicted molar refractivity (Wildman–Crippen MR) is 85.5 cm³/mol. The van der Waals surface area contributed by atoms with E-state index in [4.69, 9.17) is 16.4 Å². The van der Waals surface area contributed by atoms with Gasteiger partial charge in [-0.05, 0) is 47.1 Å². The molecule has 0 radical (unpaired) electrons. The molecular weight excluding hydrogens is 302 g/mol. The molecule has 0 amide bonds. The van der Waals surface area contributed by atoms with E-state index in [2.05, 4.69) is 9.97 Å². The van der Waals surface area contributed by atoms with E-state index in [0.717, 1.165) is 15.4 Å². The Labute approximate surface area is 130 Å². The molecule has 0 saturated carbocycles. The lowest BCUT2D eigenvalue weighted by Crippen LogP contribution is -1.97. The quantitative estimate of drug-likeness (QED) is 0.768. The van der Waals surface area contributed by atoms with E-state index in [9.17, 15) is 0 Å². The molecule has 0 spiro atoms. The molecule has 0 saturated heterocycles. The molecule has 0 bridgehead atoms. The molecule has 1 unspecified atom stereocenters. The highest BCUT2D eigenvalue weighted by Crippen LogP contribution is 2.29. The van der Waals surface area contributed by atoms with Crippen molar-refractivity contribution in [2.75, 3.05) is 0 Å². The van der Waals surface area contributed by atoms with Crippen molar-refractivity contribution in [3.05, 3.63) is 72.0 Å². The van der Waals surface area contributed by atoms with Gasteiger partial charge in [0.15, 0.2) is 5.82 Å². The number of halogens is 1. The minimum absolute atomic E-state index is 0.593. The van der Waals surface area contributed by atoms with Crippen LogP contribution in [0.2, 0.25) is 5.02 Å². The number of benzene rings is 2. The molecule has 0 aliphatic heterocycles. The summed E-state index contributed by atoms with van der Waals surface area (Å²) in [6, 6.07) is 17.0. The Bertz CT molecular complexity index is 776. The Morgan fingerprint density at radius 2 is 1.62 bits per heavy atom. The molecule has 0 aliphatic rings. The lowest BCUT2D eigenvalue weighted by molar-refractivity contribution is 1.16. The molecular formula is C16H12ClN3S. The number of hydrogen-bond acceptors (Lipinski definition) is 3. The maximum absolute atomic E-state index is 8.54. The van der Waals surface area contributed by atoms with E-state index in [1.54, 1.807) is 24.5 Å². The fourth-order valence-corrected chi connectivity index (χ4v) is 3.41. The van der Waals surface area contributed by atoms with Gasteiger partial charge in [0.1, 0.15) is 0 Å². The third kappa shape index (κ3) is 3.01. The Hall–Kier alpha value is -2.04. The zero-order valence-corrected chi connectivity index (χ0v) is 12.6. The number of aromatic nitrogens is 2.